The van der Waals surface area contributed by atoms with Gasteiger partial charge in [-0.15, -0.1) is 0 Å². The van der Waals surface area contributed by atoms with Gasteiger partial charge in [-0.25, -0.2) is 8.42 Å². The average Bonchev–Trinajstić information content (AvgIpc) is 2.98. The molecule has 2 rings (SSSR count). The van der Waals surface area contributed by atoms with Crippen molar-refractivity contribution in [1.29, 1.82) is 0 Å². The molecule has 24 heavy (non-hydrogen) atoms. The number of nitrogens with two attached hydrogens (primary N) is 1. The zero-order chi connectivity index (χ0) is 17.8. The summed E-state index contributed by atoms with van der Waals surface area (Å²) in [7, 11) is -1.42. The van der Waals surface area contributed by atoms with E-state index in [1.807, 2.05) is 0 Å². The van der Waals surface area contributed by atoms with Gasteiger partial charge in [0.05, 0.1) is 17.0 Å². The topological polar surface area (TPSA) is 89.7 Å². The van der Waals surface area contributed by atoms with E-state index in [1.54, 1.807) is 24.1 Å². The molecule has 1 aromatic carbocycles. The highest BCUT2D eigenvalue weighted by molar-refractivity contribution is 7.90. The van der Waals surface area contributed by atoms with Crippen LogP contribution >= 0.6 is 0 Å². The molecule has 0 spiro atoms. The molecule has 0 aromatic heterocycles. The summed E-state index contributed by atoms with van der Waals surface area (Å²) < 4.78 is 28.4. The first-order valence-corrected chi connectivity index (χ1v) is 10.1. The van der Waals surface area contributed by atoms with Gasteiger partial charge in [-0.3, -0.25) is 4.79 Å². The van der Waals surface area contributed by atoms with Gasteiger partial charge in [-0.05, 0) is 43.5 Å². The number of carbonyl (C=O) groups is 1. The van der Waals surface area contributed by atoms with Crippen LogP contribution in [0.15, 0.2) is 29.2 Å². The first-order chi connectivity index (χ1) is 11.2. The summed E-state index contributed by atoms with van der Waals surface area (Å²) in [5.41, 5.74) is 5.49. The van der Waals surface area contributed by atoms with Gasteiger partial charge < -0.3 is 15.4 Å². The van der Waals surface area contributed by atoms with Crippen molar-refractivity contribution in [1.82, 2.24) is 4.90 Å². The molecule has 1 saturated carbocycles. The third-order valence-electron chi connectivity index (χ3n) is 4.43. The summed E-state index contributed by atoms with van der Waals surface area (Å²) in [5, 5.41) is 0. The van der Waals surface area contributed by atoms with Gasteiger partial charge in [0.2, 0.25) is 5.91 Å². The van der Waals surface area contributed by atoms with Gasteiger partial charge in [-0.1, -0.05) is 12.8 Å². The van der Waals surface area contributed by atoms with Crippen molar-refractivity contribution in [2.45, 2.75) is 42.5 Å². The van der Waals surface area contributed by atoms with Crippen molar-refractivity contribution in [2.24, 2.45) is 5.73 Å². The number of benzene rings is 1. The predicted molar refractivity (Wildman–Crippen MR) is 92.7 cm³/mol. The smallest absolute Gasteiger partial charge is 0.242 e. The molecule has 0 unspecified atom stereocenters. The Labute approximate surface area is 143 Å². The Hall–Kier alpha value is -1.60. The van der Waals surface area contributed by atoms with Crippen LogP contribution in [0.25, 0.3) is 0 Å². The zero-order valence-corrected chi connectivity index (χ0v) is 15.1. The molecule has 0 saturated heterocycles. The van der Waals surface area contributed by atoms with Crippen LogP contribution in [-0.2, 0) is 14.6 Å². The van der Waals surface area contributed by atoms with E-state index >= 15 is 0 Å². The minimum absolute atomic E-state index is 0.0116. The van der Waals surface area contributed by atoms with Crippen LogP contribution in [0.4, 0.5) is 0 Å². The van der Waals surface area contributed by atoms with Crippen LogP contribution in [0, 0.1) is 0 Å². The van der Waals surface area contributed by atoms with E-state index in [-0.39, 0.29) is 10.8 Å². The van der Waals surface area contributed by atoms with Crippen molar-refractivity contribution in [2.75, 3.05) is 26.5 Å². The number of nitrogens with zero attached hydrogens (tertiary/aromatic N) is 1. The molecule has 1 aliphatic carbocycles. The fourth-order valence-electron chi connectivity index (χ4n) is 2.98. The highest BCUT2D eigenvalue weighted by atomic mass is 32.2. The van der Waals surface area contributed by atoms with Crippen LogP contribution in [0.5, 0.6) is 5.75 Å². The molecular formula is C17H26N2O4S. The van der Waals surface area contributed by atoms with Crippen molar-refractivity contribution in [3.63, 3.8) is 0 Å². The lowest BCUT2D eigenvalue weighted by Gasteiger charge is -2.28. The number of hydrogen-bond donors (Lipinski definition) is 1. The number of amides is 1. The van der Waals surface area contributed by atoms with E-state index in [0.717, 1.165) is 25.7 Å². The predicted octanol–water partition coefficient (Wildman–Crippen LogP) is 1.59. The Morgan fingerprint density at radius 3 is 2.38 bits per heavy atom. The minimum Gasteiger partial charge on any atom is -0.494 e. The van der Waals surface area contributed by atoms with Gasteiger partial charge >= 0.3 is 0 Å². The molecule has 134 valence electrons. The number of carbonyl (C=O) groups excluding carboxylic acids is 1. The lowest BCUT2D eigenvalue weighted by molar-refractivity contribution is -0.135. The Balaban J connectivity index is 1.75. The summed E-state index contributed by atoms with van der Waals surface area (Å²) in [6.45, 7) is 1.03. The SMILES string of the molecule is CN(CCCOc1ccc(S(C)(=O)=O)cc1)C(=O)C1(N)CCCC1. The normalized spacial score (nSPS) is 16.8. The maximum atomic E-state index is 12.4. The van der Waals surface area contributed by atoms with Crippen LogP contribution in [0.3, 0.4) is 0 Å². The number of sulfone groups is 1. The molecule has 0 bridgehead atoms. The molecule has 1 aromatic rings. The maximum absolute atomic E-state index is 12.4. The van der Waals surface area contributed by atoms with Crippen LogP contribution in [0.2, 0.25) is 0 Å². The monoisotopic (exact) mass is 354 g/mol. The Kier molecular flexibility index (Phi) is 5.87. The van der Waals surface area contributed by atoms with Crippen LogP contribution in [-0.4, -0.2) is 51.2 Å². The van der Waals surface area contributed by atoms with Crippen LogP contribution < -0.4 is 10.5 Å². The first kappa shape index (κ1) is 18.7. The lowest BCUT2D eigenvalue weighted by atomic mass is 9.97. The molecular weight excluding hydrogens is 328 g/mol. The molecule has 0 radical (unpaired) electrons. The second kappa shape index (κ2) is 7.53. The molecule has 0 heterocycles. The Morgan fingerprint density at radius 2 is 1.83 bits per heavy atom. The minimum atomic E-state index is -3.19. The van der Waals surface area contributed by atoms with Gasteiger partial charge in [0.1, 0.15) is 5.75 Å². The highest BCUT2D eigenvalue weighted by Crippen LogP contribution is 2.28. The van der Waals surface area contributed by atoms with Crippen molar-refractivity contribution >= 4 is 15.7 Å². The number of likely N-dealkylation sites (N-methyl/N-ethyl adjacent to an activating group) is 1. The van der Waals surface area contributed by atoms with Gasteiger partial charge in [0.15, 0.2) is 9.84 Å². The van der Waals surface area contributed by atoms with Gasteiger partial charge in [-0.2, -0.15) is 0 Å². The van der Waals surface area contributed by atoms with Crippen molar-refractivity contribution in [3.8, 4) is 5.75 Å². The third-order valence-corrected chi connectivity index (χ3v) is 5.56. The van der Waals surface area contributed by atoms with E-state index in [0.29, 0.717) is 25.3 Å². The highest BCUT2D eigenvalue weighted by Gasteiger charge is 2.38. The van der Waals surface area contributed by atoms with Crippen LogP contribution in [0.1, 0.15) is 32.1 Å². The molecule has 1 aliphatic rings. The fourth-order valence-corrected chi connectivity index (χ4v) is 3.61. The van der Waals surface area contributed by atoms with E-state index in [1.165, 1.54) is 18.4 Å². The second-order valence-corrected chi connectivity index (χ2v) is 8.55. The zero-order valence-electron chi connectivity index (χ0n) is 14.3. The average molecular weight is 354 g/mol. The molecule has 2 N–H and O–H groups in total. The van der Waals surface area contributed by atoms with E-state index in [2.05, 4.69) is 0 Å². The van der Waals surface area contributed by atoms with Crippen molar-refractivity contribution < 1.29 is 17.9 Å². The molecule has 1 fully saturated rings. The largest absolute Gasteiger partial charge is 0.494 e. The molecule has 7 heteroatoms. The first-order valence-electron chi connectivity index (χ1n) is 8.20. The molecule has 0 aliphatic heterocycles. The van der Waals surface area contributed by atoms with E-state index in [9.17, 15) is 13.2 Å². The summed E-state index contributed by atoms with van der Waals surface area (Å²) in [4.78, 5) is 14.3. The lowest BCUT2D eigenvalue weighted by Crippen LogP contribution is -2.52. The molecule has 6 nitrogen and oxygen atoms in total. The molecule has 1 amide bonds. The molecule has 0 atom stereocenters. The van der Waals surface area contributed by atoms with E-state index in [4.69, 9.17) is 10.5 Å². The summed E-state index contributed by atoms with van der Waals surface area (Å²) in [6, 6.07) is 6.33. The maximum Gasteiger partial charge on any atom is 0.242 e. The number of rotatable bonds is 7. The van der Waals surface area contributed by atoms with Crippen molar-refractivity contribution in [3.05, 3.63) is 24.3 Å². The number of ether oxygens (including phenoxy) is 1. The Bertz CT molecular complexity index is 664. The summed E-state index contributed by atoms with van der Waals surface area (Å²) in [5.74, 6) is 0.625. The third kappa shape index (κ3) is 4.70. The summed E-state index contributed by atoms with van der Waals surface area (Å²) >= 11 is 0. The van der Waals surface area contributed by atoms with Gasteiger partial charge in [0, 0.05) is 19.8 Å². The Morgan fingerprint density at radius 1 is 1.25 bits per heavy atom. The summed E-state index contributed by atoms with van der Waals surface area (Å²) in [6.07, 6.45) is 5.42. The standard InChI is InChI=1S/C17H26N2O4S/c1-19(16(20)17(18)10-3-4-11-17)12-5-13-23-14-6-8-15(9-7-14)24(2,21)22/h6-9H,3-5,10-13,18H2,1-2H3. The fraction of sp³-hybridized carbons (Fsp3) is 0.588. The quantitative estimate of drug-likeness (QED) is 0.751. The van der Waals surface area contributed by atoms with E-state index < -0.39 is 15.4 Å². The number of hydrogen-bond acceptors (Lipinski definition) is 5. The second-order valence-electron chi connectivity index (χ2n) is 6.54. The van der Waals surface area contributed by atoms with Gasteiger partial charge in [0.25, 0.3) is 0 Å².